The third-order valence-corrected chi connectivity index (χ3v) is 5.10. The maximum Gasteiger partial charge on any atom is 0.231 e. The Morgan fingerprint density at radius 1 is 1.15 bits per heavy atom. The molecule has 0 spiro atoms. The summed E-state index contributed by atoms with van der Waals surface area (Å²) in [6, 6.07) is 13.4. The number of ether oxygens (including phenoxy) is 2. The van der Waals surface area contributed by atoms with Crippen molar-refractivity contribution in [2.45, 2.75) is 26.3 Å². The number of amides is 2. The molecule has 27 heavy (non-hydrogen) atoms. The van der Waals surface area contributed by atoms with Gasteiger partial charge in [-0.05, 0) is 31.5 Å². The van der Waals surface area contributed by atoms with Crippen molar-refractivity contribution in [2.24, 2.45) is 5.92 Å². The van der Waals surface area contributed by atoms with E-state index < -0.39 is 0 Å². The van der Waals surface area contributed by atoms with Crippen LogP contribution in [0.25, 0.3) is 0 Å². The third kappa shape index (κ3) is 3.47. The van der Waals surface area contributed by atoms with Gasteiger partial charge in [0.05, 0.1) is 12.0 Å². The van der Waals surface area contributed by atoms with Gasteiger partial charge in [0.2, 0.25) is 18.6 Å². The highest BCUT2D eigenvalue weighted by molar-refractivity contribution is 6.00. The molecule has 6 heteroatoms. The number of nitrogens with zero attached hydrogens (tertiary/aromatic N) is 1. The fourth-order valence-corrected chi connectivity index (χ4v) is 3.46. The number of carbonyl (C=O) groups is 2. The lowest BCUT2D eigenvalue weighted by molar-refractivity contribution is -0.126. The van der Waals surface area contributed by atoms with E-state index in [1.807, 2.05) is 44.2 Å². The third-order valence-electron chi connectivity index (χ3n) is 5.10. The molecule has 0 saturated carbocycles. The Morgan fingerprint density at radius 3 is 2.67 bits per heavy atom. The number of anilines is 1. The van der Waals surface area contributed by atoms with Gasteiger partial charge >= 0.3 is 0 Å². The van der Waals surface area contributed by atoms with E-state index in [1.165, 1.54) is 5.56 Å². The zero-order valence-corrected chi connectivity index (χ0v) is 15.4. The van der Waals surface area contributed by atoms with Crippen LogP contribution >= 0.6 is 0 Å². The average Bonchev–Trinajstić information content (AvgIpc) is 3.27. The molecule has 6 nitrogen and oxygen atoms in total. The van der Waals surface area contributed by atoms with E-state index in [1.54, 1.807) is 17.0 Å². The molecular formula is C21H22N2O4. The molecule has 2 heterocycles. The summed E-state index contributed by atoms with van der Waals surface area (Å²) in [4.78, 5) is 26.8. The van der Waals surface area contributed by atoms with Crippen LogP contribution in [-0.2, 0) is 9.59 Å². The molecule has 140 valence electrons. The van der Waals surface area contributed by atoms with Gasteiger partial charge in [0.15, 0.2) is 11.5 Å². The Labute approximate surface area is 158 Å². The maximum absolute atomic E-state index is 12.7. The van der Waals surface area contributed by atoms with Crippen LogP contribution < -0.4 is 19.7 Å². The molecule has 1 saturated heterocycles. The molecule has 0 aliphatic carbocycles. The molecule has 1 N–H and O–H groups in total. The number of hydrogen-bond acceptors (Lipinski definition) is 4. The Hall–Kier alpha value is -3.02. The predicted molar refractivity (Wildman–Crippen MR) is 101 cm³/mol. The van der Waals surface area contributed by atoms with Crippen molar-refractivity contribution in [1.82, 2.24) is 5.32 Å². The zero-order chi connectivity index (χ0) is 19.0. The average molecular weight is 366 g/mol. The summed E-state index contributed by atoms with van der Waals surface area (Å²) in [7, 11) is 0. The number of fused-ring (bicyclic) bond motifs is 1. The molecule has 2 unspecified atom stereocenters. The lowest BCUT2D eigenvalue weighted by atomic mass is 10.0. The molecule has 4 rings (SSSR count). The highest BCUT2D eigenvalue weighted by atomic mass is 16.7. The van der Waals surface area contributed by atoms with Crippen LogP contribution in [-0.4, -0.2) is 25.2 Å². The van der Waals surface area contributed by atoms with Crippen LogP contribution in [0.2, 0.25) is 0 Å². The van der Waals surface area contributed by atoms with Crippen molar-refractivity contribution < 1.29 is 19.1 Å². The largest absolute Gasteiger partial charge is 0.454 e. The summed E-state index contributed by atoms with van der Waals surface area (Å²) in [5, 5.41) is 3.03. The lowest BCUT2D eigenvalue weighted by Crippen LogP contribution is -2.34. The summed E-state index contributed by atoms with van der Waals surface area (Å²) in [5.74, 6) is 0.778. The van der Waals surface area contributed by atoms with Crippen molar-refractivity contribution in [3.8, 4) is 11.5 Å². The van der Waals surface area contributed by atoms with E-state index in [4.69, 9.17) is 9.47 Å². The van der Waals surface area contributed by atoms with Gasteiger partial charge < -0.3 is 19.7 Å². The fraction of sp³-hybridized carbons (Fsp3) is 0.333. The quantitative estimate of drug-likeness (QED) is 0.903. The van der Waals surface area contributed by atoms with Crippen LogP contribution in [0.5, 0.6) is 11.5 Å². The molecule has 1 fully saturated rings. The fourth-order valence-electron chi connectivity index (χ4n) is 3.46. The van der Waals surface area contributed by atoms with Crippen LogP contribution in [0.15, 0.2) is 42.5 Å². The Kier molecular flexibility index (Phi) is 4.48. The SMILES string of the molecule is Cc1ccc(C(C)NC(=O)C2CC(=O)N(c3ccc4c(c3)OCO4)C2)cc1. The molecular weight excluding hydrogens is 344 g/mol. The van der Waals surface area contributed by atoms with Crippen LogP contribution in [0, 0.1) is 12.8 Å². The van der Waals surface area contributed by atoms with E-state index >= 15 is 0 Å². The van der Waals surface area contributed by atoms with Gasteiger partial charge in [0.1, 0.15) is 0 Å². The first-order valence-corrected chi connectivity index (χ1v) is 9.08. The normalized spacial score (nSPS) is 19.3. The molecule has 0 bridgehead atoms. The Balaban J connectivity index is 1.42. The lowest BCUT2D eigenvalue weighted by Gasteiger charge is -2.19. The number of nitrogens with one attached hydrogen (secondary N) is 1. The number of aryl methyl sites for hydroxylation is 1. The summed E-state index contributed by atoms with van der Waals surface area (Å²) in [6.45, 7) is 4.54. The van der Waals surface area contributed by atoms with Crippen molar-refractivity contribution >= 4 is 17.5 Å². The van der Waals surface area contributed by atoms with Gasteiger partial charge in [-0.1, -0.05) is 29.8 Å². The first kappa shape index (κ1) is 17.4. The van der Waals surface area contributed by atoms with E-state index in [9.17, 15) is 9.59 Å². The van der Waals surface area contributed by atoms with E-state index in [2.05, 4.69) is 5.32 Å². The van der Waals surface area contributed by atoms with E-state index in [0.717, 1.165) is 11.3 Å². The van der Waals surface area contributed by atoms with Crippen molar-refractivity contribution in [3.63, 3.8) is 0 Å². The molecule has 2 amide bonds. The van der Waals surface area contributed by atoms with E-state index in [-0.39, 0.29) is 37.0 Å². The Bertz CT molecular complexity index is 878. The van der Waals surface area contributed by atoms with Crippen LogP contribution in [0.1, 0.15) is 30.5 Å². The van der Waals surface area contributed by atoms with Crippen molar-refractivity contribution in [1.29, 1.82) is 0 Å². The van der Waals surface area contributed by atoms with Gasteiger partial charge in [0, 0.05) is 24.7 Å². The summed E-state index contributed by atoms with van der Waals surface area (Å²) >= 11 is 0. The van der Waals surface area contributed by atoms with Crippen molar-refractivity contribution in [3.05, 3.63) is 53.6 Å². The smallest absolute Gasteiger partial charge is 0.231 e. The molecule has 2 aliphatic heterocycles. The van der Waals surface area contributed by atoms with Crippen LogP contribution in [0.4, 0.5) is 5.69 Å². The molecule has 0 radical (unpaired) electrons. The topological polar surface area (TPSA) is 67.9 Å². The van der Waals surface area contributed by atoms with Gasteiger partial charge in [-0.15, -0.1) is 0 Å². The molecule has 2 aromatic carbocycles. The molecule has 0 aromatic heterocycles. The number of rotatable bonds is 4. The minimum absolute atomic E-state index is 0.0583. The zero-order valence-electron chi connectivity index (χ0n) is 15.4. The maximum atomic E-state index is 12.7. The van der Waals surface area contributed by atoms with Crippen molar-refractivity contribution in [2.75, 3.05) is 18.2 Å². The van der Waals surface area contributed by atoms with Gasteiger partial charge in [-0.2, -0.15) is 0 Å². The van der Waals surface area contributed by atoms with E-state index in [0.29, 0.717) is 18.0 Å². The number of hydrogen-bond donors (Lipinski definition) is 1. The second kappa shape index (κ2) is 6.95. The van der Waals surface area contributed by atoms with Crippen LogP contribution in [0.3, 0.4) is 0 Å². The number of carbonyl (C=O) groups excluding carboxylic acids is 2. The second-order valence-corrected chi connectivity index (χ2v) is 7.08. The molecule has 2 atom stereocenters. The van der Waals surface area contributed by atoms with Gasteiger partial charge in [-0.3, -0.25) is 9.59 Å². The highest BCUT2D eigenvalue weighted by Crippen LogP contribution is 2.37. The summed E-state index contributed by atoms with van der Waals surface area (Å²) < 4.78 is 10.7. The first-order valence-electron chi connectivity index (χ1n) is 9.08. The van der Waals surface area contributed by atoms with Gasteiger partial charge in [0.25, 0.3) is 0 Å². The van der Waals surface area contributed by atoms with Gasteiger partial charge in [-0.25, -0.2) is 0 Å². The monoisotopic (exact) mass is 366 g/mol. The highest BCUT2D eigenvalue weighted by Gasteiger charge is 2.36. The standard InChI is InChI=1S/C21H22N2O4/c1-13-3-5-15(6-4-13)14(2)22-21(25)16-9-20(24)23(11-16)17-7-8-18-19(10-17)27-12-26-18/h3-8,10,14,16H,9,11-12H2,1-2H3,(H,22,25). The summed E-state index contributed by atoms with van der Waals surface area (Å²) in [6.07, 6.45) is 0.209. The predicted octanol–water partition coefficient (Wildman–Crippen LogP) is 2.95. The minimum Gasteiger partial charge on any atom is -0.454 e. The minimum atomic E-state index is -0.365. The molecule has 2 aromatic rings. The Morgan fingerprint density at radius 2 is 1.89 bits per heavy atom. The number of benzene rings is 2. The molecule has 2 aliphatic rings. The first-order chi connectivity index (χ1) is 13.0. The second-order valence-electron chi connectivity index (χ2n) is 7.08. The summed E-state index contributed by atoms with van der Waals surface area (Å²) in [5.41, 5.74) is 2.95.